The van der Waals surface area contributed by atoms with Crippen molar-refractivity contribution in [2.75, 3.05) is 75.2 Å². The Morgan fingerprint density at radius 2 is 1.12 bits per heavy atom. The Hall–Kier alpha value is -3.95. The molecule has 4 heterocycles. The molecule has 2 aromatic heterocycles. The molecule has 0 spiro atoms. The minimum absolute atomic E-state index is 0.208. The number of rotatable bonds is 12. The minimum Gasteiger partial charge on any atom is -0.435 e. The summed E-state index contributed by atoms with van der Waals surface area (Å²) in [7, 11) is 0. The third-order valence-corrected chi connectivity index (χ3v) is 13.3. The van der Waals surface area contributed by atoms with E-state index in [4.69, 9.17) is 39.8 Å². The molecular formula is C43H43Cl3F2N8OS2. The predicted octanol–water partition coefficient (Wildman–Crippen LogP) is 10.2. The zero-order valence-electron chi connectivity index (χ0n) is 32.2. The number of nitrogens with zero attached hydrogens (tertiary/aromatic N) is 8. The molecule has 0 N–H and O–H groups in total. The third-order valence-electron chi connectivity index (χ3n) is 11.0. The molecule has 59 heavy (non-hydrogen) atoms. The van der Waals surface area contributed by atoms with Crippen LogP contribution in [0.15, 0.2) is 97.1 Å². The lowest BCUT2D eigenvalue weighted by molar-refractivity contribution is -0.0498. The molecular weight excluding hydrogens is 853 g/mol. The number of ether oxygens (including phenoxy) is 1. The van der Waals surface area contributed by atoms with Crippen molar-refractivity contribution in [2.24, 2.45) is 0 Å². The standard InChI is InChI=1S/C22H22Cl2N4S.C21H21ClF2N4OS/c23-18-5-1-16(2-6-18)20-25-21(29-26-20)28-13-11-27(12-14-28)15-22(9-10-22)17-3-7-19(24)8-4-17;22-17-6-4-16(5-7-17)19-25-21(30-26-19)28-12-10-27(11-13-28)9-8-15-2-1-3-18(14-15)29-20(23)24/h1-8H,9-15H2;1-7,14,20H,8-13H2. The van der Waals surface area contributed by atoms with E-state index in [0.717, 1.165) is 121 Å². The fourth-order valence-corrected chi connectivity index (χ4v) is 9.32. The first-order valence-electron chi connectivity index (χ1n) is 19.6. The first-order valence-corrected chi connectivity index (χ1v) is 22.3. The van der Waals surface area contributed by atoms with Crippen LogP contribution in [0.4, 0.5) is 19.0 Å². The Kier molecular flexibility index (Phi) is 13.6. The van der Waals surface area contributed by atoms with Gasteiger partial charge in [-0.25, -0.2) is 0 Å². The van der Waals surface area contributed by atoms with E-state index in [0.29, 0.717) is 10.4 Å². The number of hydrogen-bond acceptors (Lipinski definition) is 11. The van der Waals surface area contributed by atoms with E-state index in [1.54, 1.807) is 18.2 Å². The Bertz CT molecular complexity index is 2260. The van der Waals surface area contributed by atoms with Crippen LogP contribution in [-0.2, 0) is 11.8 Å². The van der Waals surface area contributed by atoms with E-state index < -0.39 is 6.61 Å². The second-order valence-electron chi connectivity index (χ2n) is 15.0. The lowest BCUT2D eigenvalue weighted by atomic mass is 9.95. The Balaban J connectivity index is 0.000000164. The molecule has 9 rings (SSSR count). The van der Waals surface area contributed by atoms with Gasteiger partial charge in [-0.15, -0.1) is 0 Å². The first kappa shape index (κ1) is 41.8. The molecule has 0 radical (unpaired) electrons. The number of aromatic nitrogens is 4. The normalized spacial score (nSPS) is 16.8. The topological polar surface area (TPSA) is 73.8 Å². The van der Waals surface area contributed by atoms with E-state index in [2.05, 4.69) is 50.2 Å². The summed E-state index contributed by atoms with van der Waals surface area (Å²) in [5, 5.41) is 4.17. The maximum Gasteiger partial charge on any atom is 0.387 e. The van der Waals surface area contributed by atoms with Crippen LogP contribution >= 0.6 is 57.9 Å². The van der Waals surface area contributed by atoms with Crippen molar-refractivity contribution < 1.29 is 13.5 Å². The summed E-state index contributed by atoms with van der Waals surface area (Å²) in [6.07, 6.45) is 3.34. The molecule has 1 saturated carbocycles. The van der Waals surface area contributed by atoms with E-state index >= 15 is 0 Å². The maximum atomic E-state index is 12.4. The van der Waals surface area contributed by atoms with Gasteiger partial charge in [0.1, 0.15) is 5.75 Å². The lowest BCUT2D eigenvalue weighted by Crippen LogP contribution is -2.48. The van der Waals surface area contributed by atoms with Gasteiger partial charge in [-0.3, -0.25) is 9.80 Å². The molecule has 0 unspecified atom stereocenters. The molecule has 9 nitrogen and oxygen atoms in total. The van der Waals surface area contributed by atoms with Crippen LogP contribution in [0.3, 0.4) is 0 Å². The van der Waals surface area contributed by atoms with Crippen molar-refractivity contribution in [1.82, 2.24) is 28.5 Å². The average molecular weight is 896 g/mol. The zero-order valence-corrected chi connectivity index (χ0v) is 36.1. The molecule has 4 aromatic carbocycles. The lowest BCUT2D eigenvalue weighted by Gasteiger charge is -2.36. The van der Waals surface area contributed by atoms with Crippen molar-refractivity contribution in [3.63, 3.8) is 0 Å². The van der Waals surface area contributed by atoms with Crippen LogP contribution in [0.1, 0.15) is 24.0 Å². The summed E-state index contributed by atoms with van der Waals surface area (Å²) in [4.78, 5) is 19.0. The van der Waals surface area contributed by atoms with Gasteiger partial charge >= 0.3 is 6.61 Å². The zero-order chi connectivity index (χ0) is 40.8. The molecule has 16 heteroatoms. The van der Waals surface area contributed by atoms with E-state index in [1.807, 2.05) is 66.7 Å². The highest BCUT2D eigenvalue weighted by Gasteiger charge is 2.45. The highest BCUT2D eigenvalue weighted by molar-refractivity contribution is 7.10. The molecule has 3 aliphatic rings. The second kappa shape index (κ2) is 19.2. The fourth-order valence-electron chi connectivity index (χ4n) is 7.47. The molecule has 1 aliphatic carbocycles. The fraction of sp³-hybridized carbons (Fsp3) is 0.349. The molecule has 6 aromatic rings. The second-order valence-corrected chi connectivity index (χ2v) is 17.7. The van der Waals surface area contributed by atoms with Crippen molar-refractivity contribution in [3.8, 4) is 28.5 Å². The number of hydrogen-bond donors (Lipinski definition) is 0. The Morgan fingerprint density at radius 1 is 0.627 bits per heavy atom. The molecule has 2 aliphatic heterocycles. The summed E-state index contributed by atoms with van der Waals surface area (Å²) in [5.74, 6) is 1.71. The number of anilines is 2. The van der Waals surface area contributed by atoms with Crippen LogP contribution in [0, 0.1) is 0 Å². The van der Waals surface area contributed by atoms with E-state index in [1.165, 1.54) is 41.5 Å². The Labute approximate surface area is 366 Å². The van der Waals surface area contributed by atoms with Gasteiger partial charge in [0.2, 0.25) is 10.3 Å². The van der Waals surface area contributed by atoms with Gasteiger partial charge in [-0.2, -0.15) is 27.5 Å². The molecule has 3 fully saturated rings. The monoisotopic (exact) mass is 894 g/mol. The molecule has 2 saturated heterocycles. The maximum absolute atomic E-state index is 12.4. The molecule has 0 amide bonds. The van der Waals surface area contributed by atoms with Crippen molar-refractivity contribution in [1.29, 1.82) is 0 Å². The quantitative estimate of drug-likeness (QED) is 0.119. The third kappa shape index (κ3) is 11.1. The van der Waals surface area contributed by atoms with Crippen molar-refractivity contribution in [2.45, 2.75) is 31.3 Å². The Morgan fingerprint density at radius 3 is 1.61 bits per heavy atom. The number of alkyl halides is 2. The summed E-state index contributed by atoms with van der Waals surface area (Å²) >= 11 is 20.9. The first-order chi connectivity index (χ1) is 28.7. The highest BCUT2D eigenvalue weighted by Crippen LogP contribution is 2.49. The number of benzene rings is 4. The number of halogens is 5. The van der Waals surface area contributed by atoms with Crippen molar-refractivity contribution >= 4 is 68.1 Å². The summed E-state index contributed by atoms with van der Waals surface area (Å²) < 4.78 is 38.2. The van der Waals surface area contributed by atoms with Gasteiger partial charge in [0.05, 0.1) is 0 Å². The molecule has 0 bridgehead atoms. The van der Waals surface area contributed by atoms with Crippen LogP contribution in [0.5, 0.6) is 5.75 Å². The van der Waals surface area contributed by atoms with Gasteiger partial charge in [0, 0.05) is 120 Å². The van der Waals surface area contributed by atoms with Gasteiger partial charge < -0.3 is 14.5 Å². The summed E-state index contributed by atoms with van der Waals surface area (Å²) in [6.45, 7) is 6.91. The SMILES string of the molecule is Clc1ccc(-c2nsc(N3CCN(CC4(c5ccc(Cl)cc5)CC4)CC3)n2)cc1.FC(F)Oc1cccc(CCN2CCN(c3nc(-c4ccc(Cl)cc4)ns3)CC2)c1. The van der Waals surface area contributed by atoms with E-state index in [-0.39, 0.29) is 5.75 Å². The van der Waals surface area contributed by atoms with Crippen LogP contribution in [-0.4, -0.2) is 101 Å². The number of piperazine rings is 2. The molecule has 0 atom stereocenters. The van der Waals surface area contributed by atoms with E-state index in [9.17, 15) is 8.78 Å². The molecule has 308 valence electrons. The van der Waals surface area contributed by atoms with Crippen molar-refractivity contribution in [3.05, 3.63) is 123 Å². The predicted molar refractivity (Wildman–Crippen MR) is 237 cm³/mol. The van der Waals surface area contributed by atoms with Crippen LogP contribution < -0.4 is 14.5 Å². The summed E-state index contributed by atoms with van der Waals surface area (Å²) in [5.41, 5.74) is 4.72. The smallest absolute Gasteiger partial charge is 0.387 e. The van der Waals surface area contributed by atoms with Gasteiger partial charge in [-0.1, -0.05) is 59.1 Å². The highest BCUT2D eigenvalue weighted by atomic mass is 35.5. The largest absolute Gasteiger partial charge is 0.435 e. The van der Waals surface area contributed by atoms with Gasteiger partial charge in [0.25, 0.3) is 0 Å². The average Bonchev–Trinajstić information content (AvgIpc) is 3.59. The van der Waals surface area contributed by atoms with Crippen LogP contribution in [0.25, 0.3) is 22.8 Å². The van der Waals surface area contributed by atoms with Crippen LogP contribution in [0.2, 0.25) is 15.1 Å². The van der Waals surface area contributed by atoms with Gasteiger partial charge in [-0.05, 0) is 103 Å². The van der Waals surface area contributed by atoms with Gasteiger partial charge in [0.15, 0.2) is 11.6 Å². The summed E-state index contributed by atoms with van der Waals surface area (Å²) in [6, 6.07) is 30.6. The minimum atomic E-state index is -2.80.